The van der Waals surface area contributed by atoms with Gasteiger partial charge in [0.05, 0.1) is 27.0 Å². The van der Waals surface area contributed by atoms with Gasteiger partial charge in [-0.3, -0.25) is 9.59 Å². The van der Waals surface area contributed by atoms with Crippen LogP contribution < -0.4 is 5.43 Å². The monoisotopic (exact) mass is 477 g/mol. The molecular formula is C27H21Cl2NO3. The van der Waals surface area contributed by atoms with Crippen LogP contribution in [0.1, 0.15) is 50.0 Å². The van der Waals surface area contributed by atoms with Crippen LogP contribution in [0.25, 0.3) is 11.0 Å². The first-order valence-electron chi connectivity index (χ1n) is 10.6. The summed E-state index contributed by atoms with van der Waals surface area (Å²) in [5, 5.41) is 1.27. The maximum absolute atomic E-state index is 13.8. The first kappa shape index (κ1) is 21.7. The van der Waals surface area contributed by atoms with Crippen molar-refractivity contribution in [1.82, 2.24) is 4.90 Å². The average molecular weight is 478 g/mol. The molecule has 0 saturated carbocycles. The molecule has 0 spiro atoms. The highest BCUT2D eigenvalue weighted by atomic mass is 35.5. The fourth-order valence-electron chi connectivity index (χ4n) is 4.60. The Morgan fingerprint density at radius 3 is 2.30 bits per heavy atom. The molecule has 1 amide bonds. The van der Waals surface area contributed by atoms with Gasteiger partial charge in [-0.2, -0.15) is 0 Å². The largest absolute Gasteiger partial charge is 0.450 e. The lowest BCUT2D eigenvalue weighted by Crippen LogP contribution is -2.29. The lowest BCUT2D eigenvalue weighted by molar-refractivity contribution is 0.0714. The zero-order chi connectivity index (χ0) is 23.4. The quantitative estimate of drug-likeness (QED) is 0.327. The second kappa shape index (κ2) is 8.05. The van der Waals surface area contributed by atoms with Crippen LogP contribution in [0.4, 0.5) is 0 Å². The Kier molecular flexibility index (Phi) is 5.31. The van der Waals surface area contributed by atoms with Crippen LogP contribution in [0.15, 0.2) is 63.8 Å². The van der Waals surface area contributed by atoms with E-state index in [0.717, 1.165) is 22.3 Å². The molecule has 1 aliphatic rings. The number of fused-ring (bicyclic) bond motifs is 2. The zero-order valence-corrected chi connectivity index (χ0v) is 19.9. The third kappa shape index (κ3) is 3.64. The summed E-state index contributed by atoms with van der Waals surface area (Å²) in [5.74, 6) is -0.236. The van der Waals surface area contributed by atoms with E-state index in [1.165, 1.54) is 0 Å². The van der Waals surface area contributed by atoms with Gasteiger partial charge in [0.25, 0.3) is 5.91 Å². The molecule has 5 rings (SSSR count). The molecular weight excluding hydrogens is 457 g/mol. The summed E-state index contributed by atoms with van der Waals surface area (Å²) in [4.78, 5) is 29.0. The van der Waals surface area contributed by atoms with Crippen LogP contribution in [0.5, 0.6) is 0 Å². The zero-order valence-electron chi connectivity index (χ0n) is 18.4. The van der Waals surface area contributed by atoms with Gasteiger partial charge in [0.15, 0.2) is 5.43 Å². The van der Waals surface area contributed by atoms with Crippen LogP contribution >= 0.6 is 23.2 Å². The van der Waals surface area contributed by atoms with Crippen molar-refractivity contribution in [1.29, 1.82) is 0 Å². The Hall–Kier alpha value is -3.08. The fourth-order valence-corrected chi connectivity index (χ4v) is 4.90. The number of nitrogens with zero attached hydrogens (tertiary/aromatic N) is 1. The van der Waals surface area contributed by atoms with E-state index in [2.05, 4.69) is 0 Å². The summed E-state index contributed by atoms with van der Waals surface area (Å²) < 4.78 is 6.10. The maximum Gasteiger partial charge on any atom is 0.291 e. The number of benzene rings is 3. The topological polar surface area (TPSA) is 50.5 Å². The van der Waals surface area contributed by atoms with E-state index in [-0.39, 0.29) is 17.1 Å². The van der Waals surface area contributed by atoms with Gasteiger partial charge in [0, 0.05) is 6.54 Å². The minimum Gasteiger partial charge on any atom is -0.450 e. The van der Waals surface area contributed by atoms with Gasteiger partial charge in [0.2, 0.25) is 5.76 Å². The van der Waals surface area contributed by atoms with Crippen molar-refractivity contribution in [2.45, 2.75) is 33.4 Å². The summed E-state index contributed by atoms with van der Waals surface area (Å²) in [5.41, 5.74) is 5.14. The molecule has 33 heavy (non-hydrogen) atoms. The number of aryl methyl sites for hydroxylation is 3. The van der Waals surface area contributed by atoms with E-state index in [0.29, 0.717) is 38.7 Å². The van der Waals surface area contributed by atoms with Gasteiger partial charge in [-0.05, 0) is 61.2 Å². The highest BCUT2D eigenvalue weighted by molar-refractivity contribution is 6.42. The first-order chi connectivity index (χ1) is 15.7. The maximum atomic E-state index is 13.8. The highest BCUT2D eigenvalue weighted by Crippen LogP contribution is 2.41. The Bertz CT molecular complexity index is 1490. The Balaban J connectivity index is 1.76. The van der Waals surface area contributed by atoms with Crippen LogP contribution in [0, 0.1) is 20.8 Å². The Labute approximate surface area is 201 Å². The summed E-state index contributed by atoms with van der Waals surface area (Å²) in [7, 11) is 0. The summed E-state index contributed by atoms with van der Waals surface area (Å²) in [6, 6.07) is 16.3. The smallest absolute Gasteiger partial charge is 0.291 e. The number of rotatable bonds is 3. The van der Waals surface area contributed by atoms with Gasteiger partial charge in [0.1, 0.15) is 5.58 Å². The summed E-state index contributed by atoms with van der Waals surface area (Å²) in [6.07, 6.45) is 0. The van der Waals surface area contributed by atoms with E-state index in [1.54, 1.807) is 29.2 Å². The van der Waals surface area contributed by atoms with Crippen molar-refractivity contribution in [2.24, 2.45) is 0 Å². The van der Waals surface area contributed by atoms with E-state index < -0.39 is 6.04 Å². The minimum atomic E-state index is -0.634. The second-order valence-electron chi connectivity index (χ2n) is 8.62. The number of carbonyl (C=O) groups is 1. The van der Waals surface area contributed by atoms with Crippen LogP contribution in [0.2, 0.25) is 10.0 Å². The Morgan fingerprint density at radius 1 is 0.879 bits per heavy atom. The number of hydrogen-bond donors (Lipinski definition) is 0. The van der Waals surface area contributed by atoms with Crippen molar-refractivity contribution in [3.63, 3.8) is 0 Å². The molecule has 1 aliphatic heterocycles. The molecule has 1 aromatic heterocycles. The first-order valence-corrected chi connectivity index (χ1v) is 11.4. The van der Waals surface area contributed by atoms with Crippen molar-refractivity contribution in [3.05, 3.63) is 114 Å². The number of hydrogen-bond acceptors (Lipinski definition) is 3. The highest BCUT2D eigenvalue weighted by Gasteiger charge is 2.43. The molecule has 0 aliphatic carbocycles. The molecule has 0 saturated heterocycles. The second-order valence-corrected chi connectivity index (χ2v) is 9.44. The van der Waals surface area contributed by atoms with Gasteiger partial charge in [-0.25, -0.2) is 0 Å². The van der Waals surface area contributed by atoms with Crippen LogP contribution in [0.3, 0.4) is 0 Å². The molecule has 0 N–H and O–H groups in total. The third-order valence-corrected chi connectivity index (χ3v) is 6.88. The molecule has 0 radical (unpaired) electrons. The molecule has 1 atom stereocenters. The van der Waals surface area contributed by atoms with E-state index in [4.69, 9.17) is 27.6 Å². The van der Waals surface area contributed by atoms with Gasteiger partial charge >= 0.3 is 0 Å². The Morgan fingerprint density at radius 2 is 1.61 bits per heavy atom. The van der Waals surface area contributed by atoms with Crippen LogP contribution in [-0.4, -0.2) is 10.8 Å². The summed E-state index contributed by atoms with van der Waals surface area (Å²) >= 11 is 12.5. The van der Waals surface area contributed by atoms with E-state index in [1.807, 2.05) is 51.1 Å². The standard InChI is InChI=1S/C27H21Cl2NO3/c1-14-4-6-17(7-5-14)13-30-24(18-8-9-19(28)20(29)12-18)23-25(31)22-16(3)10-15(2)11-21(22)33-26(23)27(30)32/h4-12,24H,13H2,1-3H3. The fraction of sp³-hybridized carbons (Fsp3) is 0.185. The molecule has 1 unspecified atom stereocenters. The molecule has 4 aromatic rings. The molecule has 6 heteroatoms. The molecule has 3 aromatic carbocycles. The van der Waals surface area contributed by atoms with Crippen molar-refractivity contribution < 1.29 is 9.21 Å². The van der Waals surface area contributed by atoms with E-state index >= 15 is 0 Å². The van der Waals surface area contributed by atoms with Crippen LogP contribution in [-0.2, 0) is 6.54 Å². The molecule has 4 nitrogen and oxygen atoms in total. The SMILES string of the molecule is Cc1ccc(CN2C(=O)c3oc4cc(C)cc(C)c4c(=O)c3C2c2ccc(Cl)c(Cl)c2)cc1. The van der Waals surface area contributed by atoms with Gasteiger partial charge < -0.3 is 9.32 Å². The molecule has 0 bridgehead atoms. The van der Waals surface area contributed by atoms with E-state index in [9.17, 15) is 9.59 Å². The lowest BCUT2D eigenvalue weighted by atomic mass is 9.96. The van der Waals surface area contributed by atoms with Crippen molar-refractivity contribution >= 4 is 40.1 Å². The van der Waals surface area contributed by atoms with Crippen molar-refractivity contribution in [3.8, 4) is 0 Å². The lowest BCUT2D eigenvalue weighted by Gasteiger charge is -2.25. The number of amides is 1. The molecule has 166 valence electrons. The van der Waals surface area contributed by atoms with Gasteiger partial charge in [-0.15, -0.1) is 0 Å². The summed E-state index contributed by atoms with van der Waals surface area (Å²) in [6.45, 7) is 6.15. The third-order valence-electron chi connectivity index (χ3n) is 6.15. The average Bonchev–Trinajstić information content (AvgIpc) is 3.03. The molecule has 0 fully saturated rings. The normalized spacial score (nSPS) is 15.4. The predicted molar refractivity (Wildman–Crippen MR) is 131 cm³/mol. The number of halogens is 2. The predicted octanol–water partition coefficient (Wildman–Crippen LogP) is 6.77. The number of carbonyl (C=O) groups excluding carboxylic acids is 1. The van der Waals surface area contributed by atoms with Crippen molar-refractivity contribution in [2.75, 3.05) is 0 Å². The minimum absolute atomic E-state index is 0.0840. The van der Waals surface area contributed by atoms with Gasteiger partial charge in [-0.1, -0.05) is 65.2 Å². The molecule has 2 heterocycles.